The van der Waals surface area contributed by atoms with Crippen LogP contribution >= 0.6 is 0 Å². The molecule has 0 unspecified atom stereocenters. The second kappa shape index (κ2) is 6.47. The molecule has 4 nitrogen and oxygen atoms in total. The molecule has 0 N–H and O–H groups in total. The maximum Gasteiger partial charge on any atom is 0.253 e. The van der Waals surface area contributed by atoms with E-state index in [0.29, 0.717) is 11.5 Å². The Kier molecular flexibility index (Phi) is 3.82. The minimum Gasteiger partial charge on any atom is -0.338 e. The number of aromatic nitrogens is 2. The lowest BCUT2D eigenvalue weighted by atomic mass is 9.99. The van der Waals surface area contributed by atoms with E-state index in [1.165, 1.54) is 5.56 Å². The minimum absolute atomic E-state index is 0.0743. The highest BCUT2D eigenvalue weighted by atomic mass is 16.2. The van der Waals surface area contributed by atoms with Crippen molar-refractivity contribution in [3.05, 3.63) is 83.9 Å². The molecule has 1 aliphatic heterocycles. The molecule has 27 heavy (non-hydrogen) atoms. The average molecular weight is 353 g/mol. The summed E-state index contributed by atoms with van der Waals surface area (Å²) in [4.78, 5) is 24.3. The van der Waals surface area contributed by atoms with Crippen molar-refractivity contribution in [2.75, 3.05) is 13.1 Å². The van der Waals surface area contributed by atoms with Crippen LogP contribution in [0.2, 0.25) is 0 Å². The summed E-state index contributed by atoms with van der Waals surface area (Å²) in [6, 6.07) is 23.9. The fraction of sp³-hybridized carbons (Fsp3) is 0.174. The van der Waals surface area contributed by atoms with E-state index < -0.39 is 0 Å². The summed E-state index contributed by atoms with van der Waals surface area (Å²) < 4.78 is 0. The van der Waals surface area contributed by atoms with Crippen molar-refractivity contribution in [2.45, 2.75) is 12.3 Å². The van der Waals surface area contributed by atoms with Crippen LogP contribution in [0.5, 0.6) is 0 Å². The Hall–Kier alpha value is -3.27. The van der Waals surface area contributed by atoms with Crippen LogP contribution in [0.3, 0.4) is 0 Å². The van der Waals surface area contributed by atoms with Gasteiger partial charge in [0.25, 0.3) is 5.91 Å². The largest absolute Gasteiger partial charge is 0.338 e. The van der Waals surface area contributed by atoms with Crippen LogP contribution in [0, 0.1) is 0 Å². The maximum atomic E-state index is 13.0. The number of rotatable bonds is 2. The molecule has 1 atom stereocenters. The van der Waals surface area contributed by atoms with Gasteiger partial charge in [-0.1, -0.05) is 42.5 Å². The van der Waals surface area contributed by atoms with Gasteiger partial charge in [0, 0.05) is 24.6 Å². The van der Waals surface area contributed by atoms with Crippen molar-refractivity contribution in [3.8, 4) is 0 Å². The number of fused-ring (bicyclic) bond motifs is 2. The number of nitrogens with zero attached hydrogens (tertiary/aromatic N) is 3. The van der Waals surface area contributed by atoms with Crippen molar-refractivity contribution in [1.82, 2.24) is 14.9 Å². The second-order valence-electron chi connectivity index (χ2n) is 7.06. The molecule has 0 spiro atoms. The van der Waals surface area contributed by atoms with Crippen molar-refractivity contribution < 1.29 is 4.79 Å². The summed E-state index contributed by atoms with van der Waals surface area (Å²) in [5, 5.41) is 0. The van der Waals surface area contributed by atoms with Crippen LogP contribution in [-0.2, 0) is 0 Å². The topological polar surface area (TPSA) is 46.1 Å². The summed E-state index contributed by atoms with van der Waals surface area (Å²) in [6.07, 6.45) is 1.01. The van der Waals surface area contributed by atoms with Crippen LogP contribution in [0.25, 0.3) is 22.1 Å². The van der Waals surface area contributed by atoms with E-state index in [9.17, 15) is 4.79 Å². The zero-order chi connectivity index (χ0) is 18.2. The van der Waals surface area contributed by atoms with Gasteiger partial charge in [-0.3, -0.25) is 4.79 Å². The molecule has 132 valence electrons. The molecular weight excluding hydrogens is 334 g/mol. The zero-order valence-corrected chi connectivity index (χ0v) is 14.9. The molecule has 2 heterocycles. The third-order valence-electron chi connectivity index (χ3n) is 5.33. The standard InChI is InChI=1S/C23H19N3O/c27-23(26-13-12-18(15-26)16-6-2-1-3-7-16)17-10-11-21-22(14-17)25-20-9-5-4-8-19(20)24-21/h1-11,14,18H,12-13,15H2/t18-/m0/s1. The number of likely N-dealkylation sites (tertiary alicyclic amines) is 1. The summed E-state index contributed by atoms with van der Waals surface area (Å²) in [5.74, 6) is 0.490. The van der Waals surface area contributed by atoms with E-state index in [1.54, 1.807) is 0 Å². The van der Waals surface area contributed by atoms with Gasteiger partial charge in [0.15, 0.2) is 0 Å². The lowest BCUT2D eigenvalue weighted by Gasteiger charge is -2.17. The van der Waals surface area contributed by atoms with Gasteiger partial charge in [-0.2, -0.15) is 0 Å². The lowest BCUT2D eigenvalue weighted by Crippen LogP contribution is -2.28. The van der Waals surface area contributed by atoms with Gasteiger partial charge in [-0.15, -0.1) is 0 Å². The molecular formula is C23H19N3O. The van der Waals surface area contributed by atoms with Gasteiger partial charge in [-0.25, -0.2) is 9.97 Å². The van der Waals surface area contributed by atoms with Gasteiger partial charge in [0.05, 0.1) is 22.1 Å². The minimum atomic E-state index is 0.0743. The van der Waals surface area contributed by atoms with E-state index in [0.717, 1.165) is 41.6 Å². The number of carbonyl (C=O) groups excluding carboxylic acids is 1. The summed E-state index contributed by atoms with van der Waals surface area (Å²) >= 11 is 0. The number of para-hydroxylation sites is 2. The maximum absolute atomic E-state index is 13.0. The van der Waals surface area contributed by atoms with Crippen molar-refractivity contribution in [2.24, 2.45) is 0 Å². The Morgan fingerprint density at radius 2 is 1.48 bits per heavy atom. The number of hydrogen-bond acceptors (Lipinski definition) is 3. The molecule has 1 fully saturated rings. The molecule has 4 heteroatoms. The van der Waals surface area contributed by atoms with Crippen molar-refractivity contribution >= 4 is 28.0 Å². The molecule has 0 aliphatic carbocycles. The first kappa shape index (κ1) is 15.9. The van der Waals surface area contributed by atoms with Crippen LogP contribution in [0.4, 0.5) is 0 Å². The monoisotopic (exact) mass is 353 g/mol. The summed E-state index contributed by atoms with van der Waals surface area (Å²) in [5.41, 5.74) is 5.28. The highest BCUT2D eigenvalue weighted by Crippen LogP contribution is 2.28. The Morgan fingerprint density at radius 3 is 2.26 bits per heavy atom. The van der Waals surface area contributed by atoms with Crippen molar-refractivity contribution in [3.63, 3.8) is 0 Å². The van der Waals surface area contributed by atoms with Crippen LogP contribution in [0.1, 0.15) is 28.3 Å². The first-order valence-electron chi connectivity index (χ1n) is 9.29. The van der Waals surface area contributed by atoms with Gasteiger partial charge in [0.1, 0.15) is 0 Å². The predicted molar refractivity (Wildman–Crippen MR) is 107 cm³/mol. The first-order valence-corrected chi connectivity index (χ1v) is 9.29. The van der Waals surface area contributed by atoms with Gasteiger partial charge < -0.3 is 4.90 Å². The summed E-state index contributed by atoms with van der Waals surface area (Å²) in [6.45, 7) is 1.56. The molecule has 1 aromatic heterocycles. The van der Waals surface area contributed by atoms with Crippen molar-refractivity contribution in [1.29, 1.82) is 0 Å². The van der Waals surface area contributed by atoms with E-state index in [-0.39, 0.29) is 5.91 Å². The average Bonchev–Trinajstić information content (AvgIpc) is 3.22. The Balaban J connectivity index is 1.43. The van der Waals surface area contributed by atoms with Crippen LogP contribution in [0.15, 0.2) is 72.8 Å². The third kappa shape index (κ3) is 2.93. The molecule has 1 aliphatic rings. The fourth-order valence-electron chi connectivity index (χ4n) is 3.88. The van der Waals surface area contributed by atoms with Gasteiger partial charge in [0.2, 0.25) is 0 Å². The molecule has 5 rings (SSSR count). The van der Waals surface area contributed by atoms with Crippen LogP contribution < -0.4 is 0 Å². The van der Waals surface area contributed by atoms with E-state index >= 15 is 0 Å². The highest BCUT2D eigenvalue weighted by Gasteiger charge is 2.28. The Labute approximate surface area is 157 Å². The molecule has 0 saturated carbocycles. The molecule has 4 aromatic rings. The van der Waals surface area contributed by atoms with Crippen LogP contribution in [-0.4, -0.2) is 33.9 Å². The number of hydrogen-bond donors (Lipinski definition) is 0. The molecule has 1 saturated heterocycles. The molecule has 0 radical (unpaired) electrons. The highest BCUT2D eigenvalue weighted by molar-refractivity contribution is 5.98. The van der Waals surface area contributed by atoms with E-state index in [2.05, 4.69) is 34.2 Å². The second-order valence-corrected chi connectivity index (χ2v) is 7.06. The Morgan fingerprint density at radius 1 is 0.815 bits per heavy atom. The first-order chi connectivity index (χ1) is 13.3. The van der Waals surface area contributed by atoms with E-state index in [4.69, 9.17) is 0 Å². The molecule has 0 bridgehead atoms. The van der Waals surface area contributed by atoms with Gasteiger partial charge >= 0.3 is 0 Å². The smallest absolute Gasteiger partial charge is 0.253 e. The SMILES string of the molecule is O=C(c1ccc2nc3ccccc3nc2c1)N1CC[C@H](c2ccccc2)C1. The third-order valence-corrected chi connectivity index (χ3v) is 5.33. The quantitative estimate of drug-likeness (QED) is 0.501. The number of benzene rings is 3. The van der Waals surface area contributed by atoms with Gasteiger partial charge in [-0.05, 0) is 42.3 Å². The molecule has 3 aromatic carbocycles. The lowest BCUT2D eigenvalue weighted by molar-refractivity contribution is 0.0791. The zero-order valence-electron chi connectivity index (χ0n) is 14.9. The summed E-state index contributed by atoms with van der Waals surface area (Å²) in [7, 11) is 0. The normalized spacial score (nSPS) is 16.9. The Bertz CT molecular complexity index is 1140. The predicted octanol–water partition coefficient (Wildman–Crippen LogP) is 4.41. The molecule has 1 amide bonds. The number of amides is 1. The number of carbonyl (C=O) groups is 1. The fourth-order valence-corrected chi connectivity index (χ4v) is 3.88. The van der Waals surface area contributed by atoms with E-state index in [1.807, 2.05) is 53.4 Å².